The van der Waals surface area contributed by atoms with Gasteiger partial charge in [0.15, 0.2) is 0 Å². The number of carbonyl (C=O) groups excluding carboxylic acids is 1. The van der Waals surface area contributed by atoms with Gasteiger partial charge in [-0.3, -0.25) is 0 Å². The Balaban J connectivity index is 1.87. The van der Waals surface area contributed by atoms with Crippen molar-refractivity contribution >= 4 is 6.09 Å². The predicted molar refractivity (Wildman–Crippen MR) is 71.1 cm³/mol. The lowest BCUT2D eigenvalue weighted by molar-refractivity contribution is 0.0396. The third kappa shape index (κ3) is 3.03. The van der Waals surface area contributed by atoms with Crippen molar-refractivity contribution in [1.82, 2.24) is 5.32 Å². The molecule has 0 radical (unpaired) electrons. The number of fused-ring (bicyclic) bond motifs is 1. The highest BCUT2D eigenvalue weighted by molar-refractivity contribution is 5.67. The standard InChI is InChI=1S/C14H25NO4/c1-12(2,3)19-11(16)15-9-13(4,5)14-6-7-17-8-10(14)18-14/h10H,6-9H2,1-5H3,(H,15,16). The van der Waals surface area contributed by atoms with Gasteiger partial charge in [0.2, 0.25) is 0 Å². The first-order valence-corrected chi connectivity index (χ1v) is 6.89. The molecule has 19 heavy (non-hydrogen) atoms. The summed E-state index contributed by atoms with van der Waals surface area (Å²) in [5.41, 5.74) is -0.734. The Morgan fingerprint density at radius 3 is 2.63 bits per heavy atom. The number of amides is 1. The van der Waals surface area contributed by atoms with E-state index < -0.39 is 5.60 Å². The van der Waals surface area contributed by atoms with Gasteiger partial charge in [0.1, 0.15) is 17.3 Å². The maximum atomic E-state index is 11.7. The van der Waals surface area contributed by atoms with Crippen LogP contribution in [-0.4, -0.2) is 43.2 Å². The van der Waals surface area contributed by atoms with Gasteiger partial charge in [-0.15, -0.1) is 0 Å². The van der Waals surface area contributed by atoms with Crippen LogP contribution in [0.1, 0.15) is 41.0 Å². The number of hydrogen-bond donors (Lipinski definition) is 1. The van der Waals surface area contributed by atoms with E-state index in [-0.39, 0.29) is 23.2 Å². The van der Waals surface area contributed by atoms with Crippen LogP contribution >= 0.6 is 0 Å². The van der Waals surface area contributed by atoms with Gasteiger partial charge < -0.3 is 19.5 Å². The van der Waals surface area contributed by atoms with Crippen molar-refractivity contribution in [3.8, 4) is 0 Å². The average molecular weight is 271 g/mol. The molecule has 2 fully saturated rings. The molecule has 2 unspecified atom stereocenters. The quantitative estimate of drug-likeness (QED) is 0.799. The minimum atomic E-state index is -0.468. The Hall–Kier alpha value is -0.810. The van der Waals surface area contributed by atoms with E-state index in [1.165, 1.54) is 0 Å². The summed E-state index contributed by atoms with van der Waals surface area (Å²) in [6.45, 7) is 11.7. The third-order valence-electron chi connectivity index (χ3n) is 3.92. The van der Waals surface area contributed by atoms with E-state index in [9.17, 15) is 4.79 Å². The van der Waals surface area contributed by atoms with E-state index in [4.69, 9.17) is 14.2 Å². The smallest absolute Gasteiger partial charge is 0.407 e. The number of epoxide rings is 1. The van der Waals surface area contributed by atoms with Gasteiger partial charge in [0, 0.05) is 25.0 Å². The number of alkyl carbamates (subject to hydrolysis) is 1. The van der Waals surface area contributed by atoms with Gasteiger partial charge in [-0.05, 0) is 20.8 Å². The van der Waals surface area contributed by atoms with Gasteiger partial charge in [0.05, 0.1) is 6.61 Å². The molecule has 2 atom stereocenters. The predicted octanol–water partition coefficient (Wildman–Crippen LogP) is 2.10. The molecular formula is C14H25NO4. The van der Waals surface area contributed by atoms with Crippen LogP contribution < -0.4 is 5.32 Å². The van der Waals surface area contributed by atoms with Crippen LogP contribution in [0.2, 0.25) is 0 Å². The lowest BCUT2D eigenvalue weighted by atomic mass is 9.74. The summed E-state index contributed by atoms with van der Waals surface area (Å²) in [5.74, 6) is 0. The first kappa shape index (κ1) is 14.6. The molecule has 0 bridgehead atoms. The van der Waals surface area contributed by atoms with Gasteiger partial charge in [0.25, 0.3) is 0 Å². The fraction of sp³-hybridized carbons (Fsp3) is 0.929. The zero-order valence-corrected chi connectivity index (χ0v) is 12.5. The van der Waals surface area contributed by atoms with Crippen molar-refractivity contribution in [3.63, 3.8) is 0 Å². The maximum Gasteiger partial charge on any atom is 0.407 e. The summed E-state index contributed by atoms with van der Waals surface area (Å²) in [6, 6.07) is 0. The van der Waals surface area contributed by atoms with Crippen molar-refractivity contribution in [2.45, 2.75) is 58.3 Å². The Morgan fingerprint density at radius 1 is 1.37 bits per heavy atom. The molecular weight excluding hydrogens is 246 g/mol. The highest BCUT2D eigenvalue weighted by Crippen LogP contribution is 2.54. The topological polar surface area (TPSA) is 60.1 Å². The second-order valence-electron chi connectivity index (χ2n) is 7.06. The van der Waals surface area contributed by atoms with Crippen molar-refractivity contribution in [2.75, 3.05) is 19.8 Å². The number of nitrogens with one attached hydrogen (secondary N) is 1. The molecule has 5 heteroatoms. The molecule has 1 N–H and O–H groups in total. The fourth-order valence-electron chi connectivity index (χ4n) is 2.71. The molecule has 2 heterocycles. The van der Waals surface area contributed by atoms with Crippen LogP contribution in [0.3, 0.4) is 0 Å². The summed E-state index contributed by atoms with van der Waals surface area (Å²) < 4.78 is 16.5. The second-order valence-corrected chi connectivity index (χ2v) is 7.06. The zero-order chi connectivity index (χ0) is 14.3. The van der Waals surface area contributed by atoms with Crippen molar-refractivity contribution in [1.29, 1.82) is 0 Å². The highest BCUT2D eigenvalue weighted by atomic mass is 16.6. The lowest BCUT2D eigenvalue weighted by Crippen LogP contribution is -2.48. The van der Waals surface area contributed by atoms with Crippen molar-refractivity contribution in [2.24, 2.45) is 5.41 Å². The van der Waals surface area contributed by atoms with Crippen LogP contribution in [0.5, 0.6) is 0 Å². The summed E-state index contributed by atoms with van der Waals surface area (Å²) >= 11 is 0. The van der Waals surface area contributed by atoms with Crippen molar-refractivity contribution in [3.05, 3.63) is 0 Å². The van der Waals surface area contributed by atoms with Gasteiger partial charge >= 0.3 is 6.09 Å². The Labute approximate surface area is 115 Å². The van der Waals surface area contributed by atoms with E-state index in [1.807, 2.05) is 20.8 Å². The molecule has 0 aromatic carbocycles. The molecule has 2 aliphatic rings. The molecule has 1 amide bonds. The van der Waals surface area contributed by atoms with Crippen LogP contribution in [0, 0.1) is 5.41 Å². The Kier molecular flexibility index (Phi) is 3.56. The van der Waals surface area contributed by atoms with Crippen LogP contribution in [0.4, 0.5) is 4.79 Å². The molecule has 2 aliphatic heterocycles. The second kappa shape index (κ2) is 4.63. The first-order chi connectivity index (χ1) is 8.66. The molecule has 5 nitrogen and oxygen atoms in total. The van der Waals surface area contributed by atoms with E-state index in [2.05, 4.69) is 19.2 Å². The summed E-state index contributed by atoms with van der Waals surface area (Å²) in [7, 11) is 0. The van der Waals surface area contributed by atoms with E-state index in [0.29, 0.717) is 13.2 Å². The molecule has 0 aromatic rings. The molecule has 0 spiro atoms. The average Bonchev–Trinajstić information content (AvgIpc) is 3.00. The third-order valence-corrected chi connectivity index (χ3v) is 3.92. The molecule has 0 aromatic heterocycles. The van der Waals surface area contributed by atoms with Crippen LogP contribution in [-0.2, 0) is 14.2 Å². The summed E-state index contributed by atoms with van der Waals surface area (Å²) in [4.78, 5) is 11.7. The molecule has 0 aliphatic carbocycles. The highest BCUT2D eigenvalue weighted by Gasteiger charge is 2.66. The Morgan fingerprint density at radius 2 is 2.05 bits per heavy atom. The first-order valence-electron chi connectivity index (χ1n) is 6.89. The normalized spacial score (nSPS) is 30.5. The lowest BCUT2D eigenvalue weighted by Gasteiger charge is -2.34. The fourth-order valence-corrected chi connectivity index (χ4v) is 2.71. The number of ether oxygens (including phenoxy) is 3. The largest absolute Gasteiger partial charge is 0.444 e. The minimum Gasteiger partial charge on any atom is -0.444 e. The minimum absolute atomic E-state index is 0.127. The molecule has 2 rings (SSSR count). The monoisotopic (exact) mass is 271 g/mol. The van der Waals surface area contributed by atoms with E-state index in [0.717, 1.165) is 13.0 Å². The number of carbonyl (C=O) groups is 1. The van der Waals surface area contributed by atoms with E-state index in [1.54, 1.807) is 0 Å². The van der Waals surface area contributed by atoms with Gasteiger partial charge in [-0.25, -0.2) is 4.79 Å². The van der Waals surface area contributed by atoms with Gasteiger partial charge in [-0.1, -0.05) is 13.8 Å². The zero-order valence-electron chi connectivity index (χ0n) is 12.5. The Bertz CT molecular complexity index is 361. The molecule has 0 saturated carbocycles. The summed E-state index contributed by atoms with van der Waals surface area (Å²) in [6.07, 6.45) is 0.693. The van der Waals surface area contributed by atoms with E-state index >= 15 is 0 Å². The molecule has 110 valence electrons. The number of hydrogen-bond acceptors (Lipinski definition) is 4. The van der Waals surface area contributed by atoms with Crippen molar-refractivity contribution < 1.29 is 19.0 Å². The number of rotatable bonds is 3. The van der Waals surface area contributed by atoms with Crippen LogP contribution in [0.15, 0.2) is 0 Å². The maximum absolute atomic E-state index is 11.7. The summed E-state index contributed by atoms with van der Waals surface area (Å²) in [5, 5.41) is 2.85. The SMILES string of the molecule is CC(C)(C)OC(=O)NCC(C)(C)C12CCOCC1O2. The van der Waals surface area contributed by atoms with Crippen LogP contribution in [0.25, 0.3) is 0 Å². The van der Waals surface area contributed by atoms with Gasteiger partial charge in [-0.2, -0.15) is 0 Å². The molecule has 2 saturated heterocycles.